The van der Waals surface area contributed by atoms with E-state index < -0.39 is 66.4 Å². The molecule has 0 aromatic heterocycles. The van der Waals surface area contributed by atoms with Crippen LogP contribution in [0.25, 0.3) is 0 Å². The van der Waals surface area contributed by atoms with Crippen molar-refractivity contribution >= 4 is 47.4 Å². The van der Waals surface area contributed by atoms with Gasteiger partial charge in [0, 0.05) is 24.9 Å². The van der Waals surface area contributed by atoms with E-state index in [-0.39, 0.29) is 38.1 Å². The van der Waals surface area contributed by atoms with Crippen LogP contribution >= 0.6 is 0 Å². The van der Waals surface area contributed by atoms with Crippen LogP contribution in [0.1, 0.15) is 52.6 Å². The zero-order chi connectivity index (χ0) is 51.0. The van der Waals surface area contributed by atoms with Gasteiger partial charge in [0.15, 0.2) is 0 Å². The van der Waals surface area contributed by atoms with Crippen LogP contribution in [0.2, 0.25) is 0 Å². The second kappa shape index (κ2) is 31.8. The van der Waals surface area contributed by atoms with Crippen LogP contribution in [0.5, 0.6) is 0 Å². The van der Waals surface area contributed by atoms with Crippen molar-refractivity contribution in [2.45, 2.75) is 71.1 Å². The van der Waals surface area contributed by atoms with E-state index in [2.05, 4.69) is 63.8 Å². The maximum absolute atomic E-state index is 13.3. The zero-order valence-corrected chi connectivity index (χ0v) is 38.8. The molecule has 5 aromatic rings. The summed E-state index contributed by atoms with van der Waals surface area (Å²) in [7, 11) is 0. The van der Waals surface area contributed by atoms with Crippen molar-refractivity contribution in [2.75, 3.05) is 25.0 Å². The third kappa shape index (κ3) is 24.9. The van der Waals surface area contributed by atoms with Gasteiger partial charge in [0.25, 0.3) is 0 Å². The lowest BCUT2D eigenvalue weighted by atomic mass is 10.0. The summed E-state index contributed by atoms with van der Waals surface area (Å²) in [6, 6.07) is 38.8. The molecule has 0 heterocycles. The number of carbonyl (C=O) groups excluding carboxylic acids is 7. The number of anilines is 1. The quantitative estimate of drug-likeness (QED) is 0.0410. The lowest BCUT2D eigenvalue weighted by molar-refractivity contribution is -0.137. The van der Waals surface area contributed by atoms with Gasteiger partial charge in [0.2, 0.25) is 35.4 Å². The van der Waals surface area contributed by atoms with E-state index in [9.17, 15) is 46.7 Å². The monoisotopic (exact) mass is 948 g/mol. The number of hydrogen-bond donors (Lipinski definition) is 6. The van der Waals surface area contributed by atoms with Crippen molar-refractivity contribution in [1.82, 2.24) is 26.6 Å². The minimum atomic E-state index is -4.21. The van der Waals surface area contributed by atoms with Gasteiger partial charge in [-0.25, -0.2) is 0 Å². The van der Waals surface area contributed by atoms with Gasteiger partial charge in [-0.3, -0.25) is 28.8 Å². The number of benzene rings is 5. The third-order valence-corrected chi connectivity index (χ3v) is 9.61. The number of amides is 6. The number of carbonyl (C=O) groups is 7. The molecule has 0 saturated heterocycles. The molecule has 0 aliphatic rings. The van der Waals surface area contributed by atoms with Gasteiger partial charge in [-0.2, -0.15) is 13.2 Å². The Morgan fingerprint density at radius 1 is 0.536 bits per heavy atom. The smallest absolute Gasteiger partial charge is 0.348 e. The summed E-state index contributed by atoms with van der Waals surface area (Å²) >= 11 is 0. The Labute approximate surface area is 401 Å². The number of aldehydes is 1. The van der Waals surface area contributed by atoms with E-state index in [4.69, 9.17) is 0 Å². The molecule has 0 bridgehead atoms. The van der Waals surface area contributed by atoms with Gasteiger partial charge in [-0.05, 0) is 69.0 Å². The average molecular weight is 949 g/mol. The molecule has 5 aromatic carbocycles. The van der Waals surface area contributed by atoms with E-state index in [0.29, 0.717) is 18.4 Å². The van der Waals surface area contributed by atoms with Gasteiger partial charge in [0.1, 0.15) is 18.4 Å². The summed E-state index contributed by atoms with van der Waals surface area (Å²) in [5.74, 6) is -3.35. The van der Waals surface area contributed by atoms with Gasteiger partial charge in [-0.15, -0.1) is 12.8 Å². The highest BCUT2D eigenvalue weighted by molar-refractivity contribution is 5.95. The molecule has 6 N–H and O–H groups in total. The van der Waals surface area contributed by atoms with E-state index in [0.717, 1.165) is 34.4 Å². The molecule has 5 rings (SSSR count). The maximum Gasteiger partial charge on any atom is 0.416 e. The lowest BCUT2D eigenvalue weighted by Crippen LogP contribution is -2.53. The molecule has 13 nitrogen and oxygen atoms in total. The number of hydrogen-bond acceptors (Lipinski definition) is 7. The predicted octanol–water partition coefficient (Wildman–Crippen LogP) is 6.36. The Kier molecular flexibility index (Phi) is 26.3. The first-order valence-electron chi connectivity index (χ1n) is 21.8. The van der Waals surface area contributed by atoms with Crippen LogP contribution in [0.15, 0.2) is 140 Å². The molecule has 6 amide bonds. The average Bonchev–Trinajstić information content (AvgIpc) is 3.34. The fraction of sp³-hybridized carbons (Fsp3) is 0.264. The molecule has 364 valence electrons. The summed E-state index contributed by atoms with van der Waals surface area (Å²) in [5.41, 5.74) is 4.90. The normalized spacial score (nSPS) is 11.0. The lowest BCUT2D eigenvalue weighted by Gasteiger charge is -2.21. The third-order valence-electron chi connectivity index (χ3n) is 9.61. The first kappa shape index (κ1) is 57.1. The zero-order valence-electron chi connectivity index (χ0n) is 38.8. The van der Waals surface area contributed by atoms with E-state index >= 15 is 0 Å². The molecule has 0 fully saturated rings. The molecule has 2 atom stereocenters. The Morgan fingerprint density at radius 2 is 0.986 bits per heavy atom. The first-order valence-corrected chi connectivity index (χ1v) is 21.8. The summed E-state index contributed by atoms with van der Waals surface area (Å²) in [6.07, 6.45) is 4.83. The van der Waals surface area contributed by atoms with E-state index in [1.54, 1.807) is 49.4 Å². The number of alkyl halides is 3. The Morgan fingerprint density at radius 3 is 1.49 bits per heavy atom. The van der Waals surface area contributed by atoms with Crippen molar-refractivity contribution in [2.24, 2.45) is 0 Å². The summed E-state index contributed by atoms with van der Waals surface area (Å²) < 4.78 is 35.8. The highest BCUT2D eigenvalue weighted by Gasteiger charge is 2.30. The van der Waals surface area contributed by atoms with Crippen molar-refractivity contribution in [1.29, 1.82) is 0 Å². The number of aryl methyl sites for hydroxylation is 4. The summed E-state index contributed by atoms with van der Waals surface area (Å²) in [5, 5.41) is 15.3. The Bertz CT molecular complexity index is 2360. The molecule has 0 unspecified atom stereocenters. The van der Waals surface area contributed by atoms with Crippen LogP contribution in [-0.4, -0.2) is 73.4 Å². The molecular weight excluding hydrogens is 890 g/mol. The Balaban J connectivity index is 0.000000669. The minimum Gasteiger partial charge on any atom is -0.348 e. The minimum absolute atomic E-state index is 0.0985. The summed E-state index contributed by atoms with van der Waals surface area (Å²) in [6.45, 7) is 4.67. The van der Waals surface area contributed by atoms with Crippen LogP contribution in [-0.2, 0) is 52.6 Å². The van der Waals surface area contributed by atoms with Crippen molar-refractivity contribution in [3.8, 4) is 12.8 Å². The fourth-order valence-corrected chi connectivity index (χ4v) is 5.96. The standard InChI is InChI=1S/C36H42N6O7.C8H7F3.C7H8.C2H2/c1-25-12-15-28(16-13-25)40-31(44)18-19-32(45)41-29(17-14-26-8-4-2-5-9-26)35(48)39-24-34(47)42-30(22-27-10-6-3-7-11-27)36(49)38-23-33(46)37-20-21-43;1-6-2-4-7(5-3-6)8(9,10)11;1-7-5-3-2-4-6-7;1-2/h2-13,15-16,21,29-30H,14,17-20,22-24H2,1H3,(H,37,46)(H,38,49)(H,39,48)(H,40,44)(H,41,45)(H,42,47);2-5H,1H3;2-6H,1H3;1-2H/t29-,30-;;;/m1.../s1. The summed E-state index contributed by atoms with van der Waals surface area (Å²) in [4.78, 5) is 86.7. The molecule has 16 heteroatoms. The largest absolute Gasteiger partial charge is 0.416 e. The molecule has 69 heavy (non-hydrogen) atoms. The molecule has 0 aliphatic heterocycles. The van der Waals surface area contributed by atoms with Gasteiger partial charge >= 0.3 is 6.18 Å². The van der Waals surface area contributed by atoms with Gasteiger partial charge < -0.3 is 36.7 Å². The molecule has 0 aliphatic carbocycles. The maximum atomic E-state index is 13.3. The van der Waals surface area contributed by atoms with Gasteiger partial charge in [-0.1, -0.05) is 132 Å². The van der Waals surface area contributed by atoms with Crippen LogP contribution in [0.3, 0.4) is 0 Å². The predicted molar refractivity (Wildman–Crippen MR) is 260 cm³/mol. The van der Waals surface area contributed by atoms with E-state index in [1.807, 2.05) is 67.6 Å². The molecule has 0 spiro atoms. The number of nitrogens with one attached hydrogen (secondary N) is 6. The number of rotatable bonds is 19. The second-order valence-electron chi connectivity index (χ2n) is 15.3. The van der Waals surface area contributed by atoms with Crippen LogP contribution < -0.4 is 31.9 Å². The fourth-order valence-electron chi connectivity index (χ4n) is 5.96. The molecule has 0 saturated carbocycles. The Hall–Kier alpha value is -8.06. The van der Waals surface area contributed by atoms with Crippen LogP contribution in [0.4, 0.5) is 18.9 Å². The van der Waals surface area contributed by atoms with E-state index in [1.165, 1.54) is 17.7 Å². The SMILES string of the molecule is C#C.Cc1ccc(C(F)(F)F)cc1.Cc1ccc(NC(=O)CCC(=O)N[C@H](CCc2ccccc2)C(=O)NCC(=O)N[C@H](Cc2ccccc2)C(=O)NCC(=O)NCC=O)cc1.Cc1ccccc1. The highest BCUT2D eigenvalue weighted by Crippen LogP contribution is 2.28. The number of terminal acetylenes is 1. The van der Waals surface area contributed by atoms with Crippen molar-refractivity contribution in [3.63, 3.8) is 0 Å². The number of halogens is 3. The topological polar surface area (TPSA) is 192 Å². The van der Waals surface area contributed by atoms with Crippen molar-refractivity contribution in [3.05, 3.63) is 173 Å². The molecule has 0 radical (unpaired) electrons. The molecular formula is C53H59F3N6O7. The van der Waals surface area contributed by atoms with Crippen molar-refractivity contribution < 1.29 is 46.7 Å². The van der Waals surface area contributed by atoms with Gasteiger partial charge in [0.05, 0.1) is 25.2 Å². The highest BCUT2D eigenvalue weighted by atomic mass is 19.4. The second-order valence-corrected chi connectivity index (χ2v) is 15.3. The first-order chi connectivity index (χ1) is 33.0. The van der Waals surface area contributed by atoms with Crippen LogP contribution in [0, 0.1) is 33.6 Å².